The molecular formula is C29H45N5O7. The van der Waals surface area contributed by atoms with Gasteiger partial charge in [-0.3, -0.25) is 19.2 Å². The molecule has 2 unspecified atom stereocenters. The Hall–Kier alpha value is -3.67. The summed E-state index contributed by atoms with van der Waals surface area (Å²) < 4.78 is 11.3. The lowest BCUT2D eigenvalue weighted by Gasteiger charge is -2.32. The van der Waals surface area contributed by atoms with Gasteiger partial charge in [0.25, 0.3) is 0 Å². The number of benzene rings is 1. The first-order valence-corrected chi connectivity index (χ1v) is 14.0. The molecule has 1 aliphatic heterocycles. The van der Waals surface area contributed by atoms with E-state index in [0.717, 1.165) is 5.56 Å². The number of carbonyl (C=O) groups excluding carboxylic acids is 5. The highest BCUT2D eigenvalue weighted by Crippen LogP contribution is 2.17. The fraction of sp³-hybridized carbons (Fsp3) is 0.621. The van der Waals surface area contributed by atoms with Crippen LogP contribution < -0.4 is 27.0 Å². The highest BCUT2D eigenvalue weighted by Gasteiger charge is 2.36. The molecule has 1 saturated heterocycles. The van der Waals surface area contributed by atoms with Crippen molar-refractivity contribution in [2.45, 2.75) is 97.2 Å². The van der Waals surface area contributed by atoms with E-state index in [4.69, 9.17) is 15.2 Å². The lowest BCUT2D eigenvalue weighted by atomic mass is 9.97. The Balaban J connectivity index is 2.16. The summed E-state index contributed by atoms with van der Waals surface area (Å²) in [5.41, 5.74) is 5.67. The highest BCUT2D eigenvalue weighted by molar-refractivity contribution is 5.94. The topological polar surface area (TPSA) is 178 Å². The van der Waals surface area contributed by atoms with Crippen LogP contribution in [0.1, 0.15) is 66.4 Å². The molecule has 12 heteroatoms. The average molecular weight is 576 g/mol. The molecular weight excluding hydrogens is 530 g/mol. The molecule has 0 aliphatic carbocycles. The molecule has 1 aromatic carbocycles. The van der Waals surface area contributed by atoms with Gasteiger partial charge in [0, 0.05) is 12.5 Å². The molecule has 6 N–H and O–H groups in total. The maximum absolute atomic E-state index is 13.5. The number of hydrogen-bond acceptors (Lipinski definition) is 7. The van der Waals surface area contributed by atoms with E-state index in [1.54, 1.807) is 19.1 Å². The Morgan fingerprint density at radius 2 is 1.63 bits per heavy atom. The second-order valence-electron chi connectivity index (χ2n) is 11.8. The molecule has 1 aromatic rings. The molecule has 1 aliphatic rings. The van der Waals surface area contributed by atoms with E-state index < -0.39 is 59.6 Å². The van der Waals surface area contributed by atoms with Crippen LogP contribution in [0.25, 0.3) is 0 Å². The van der Waals surface area contributed by atoms with Crippen molar-refractivity contribution < 1.29 is 33.4 Å². The van der Waals surface area contributed by atoms with Crippen molar-refractivity contribution in [2.24, 2.45) is 17.6 Å². The smallest absolute Gasteiger partial charge is 0.408 e. The molecule has 0 aromatic heterocycles. The van der Waals surface area contributed by atoms with Crippen LogP contribution in [0.15, 0.2) is 30.3 Å². The van der Waals surface area contributed by atoms with E-state index in [9.17, 15) is 24.0 Å². The SMILES string of the molecule is CC(C)C[C@H](NC(=O)C(NC(=O)OCc1ccccc1)C(C)OC(C)(C)C)C(=O)N[C@@H](C[C@@H]1CCNC1=O)C(N)=O. The summed E-state index contributed by atoms with van der Waals surface area (Å²) in [7, 11) is 0. The van der Waals surface area contributed by atoms with Gasteiger partial charge in [-0.1, -0.05) is 44.2 Å². The van der Waals surface area contributed by atoms with Crippen molar-refractivity contribution in [1.82, 2.24) is 21.3 Å². The molecule has 0 radical (unpaired) electrons. The Kier molecular flexibility index (Phi) is 12.6. The monoisotopic (exact) mass is 575 g/mol. The standard InChI is InChI=1S/C29H45N5O7/c1-17(2)14-22(26(37)32-21(24(30)35)15-20-12-13-31-25(20)36)33-27(38)23(18(3)41-29(4,5)6)34-28(39)40-16-19-10-8-7-9-11-19/h7-11,17-18,20-23H,12-16H2,1-6H3,(H2,30,35)(H,31,36)(H,32,37)(H,33,38)(H,34,39)/t18?,20-,21-,22-,23?/m0/s1. The van der Waals surface area contributed by atoms with Gasteiger partial charge in [-0.25, -0.2) is 4.79 Å². The van der Waals surface area contributed by atoms with E-state index >= 15 is 0 Å². The van der Waals surface area contributed by atoms with E-state index in [2.05, 4.69) is 21.3 Å². The van der Waals surface area contributed by atoms with Gasteiger partial charge in [0.1, 0.15) is 24.7 Å². The number of hydrogen-bond donors (Lipinski definition) is 5. The van der Waals surface area contributed by atoms with Crippen molar-refractivity contribution in [1.29, 1.82) is 0 Å². The van der Waals surface area contributed by atoms with Crippen LogP contribution in [0.4, 0.5) is 4.79 Å². The predicted molar refractivity (Wildman–Crippen MR) is 152 cm³/mol. The maximum atomic E-state index is 13.5. The van der Waals surface area contributed by atoms with Gasteiger partial charge in [0.05, 0.1) is 11.7 Å². The molecule has 2 rings (SSSR count). The molecule has 5 amide bonds. The first-order chi connectivity index (χ1) is 19.2. The Morgan fingerprint density at radius 1 is 1.00 bits per heavy atom. The molecule has 12 nitrogen and oxygen atoms in total. The van der Waals surface area contributed by atoms with Crippen molar-refractivity contribution in [3.05, 3.63) is 35.9 Å². The fourth-order valence-electron chi connectivity index (χ4n) is 4.55. The molecule has 41 heavy (non-hydrogen) atoms. The average Bonchev–Trinajstić information content (AvgIpc) is 3.28. The van der Waals surface area contributed by atoms with Crippen molar-refractivity contribution in [3.63, 3.8) is 0 Å². The van der Waals surface area contributed by atoms with E-state index in [0.29, 0.717) is 13.0 Å². The van der Waals surface area contributed by atoms with Crippen LogP contribution >= 0.6 is 0 Å². The third kappa shape index (κ3) is 11.8. The number of amides is 5. The summed E-state index contributed by atoms with van der Waals surface area (Å²) in [5.74, 6) is -2.71. The second-order valence-corrected chi connectivity index (χ2v) is 11.8. The summed E-state index contributed by atoms with van der Waals surface area (Å²) in [6.07, 6.45) is -0.784. The van der Waals surface area contributed by atoms with E-state index in [1.807, 2.05) is 52.8 Å². The zero-order valence-corrected chi connectivity index (χ0v) is 24.8. The zero-order valence-electron chi connectivity index (χ0n) is 24.8. The molecule has 1 fully saturated rings. The van der Waals surface area contributed by atoms with Gasteiger partial charge in [-0.15, -0.1) is 0 Å². The molecule has 5 atom stereocenters. The third-order valence-electron chi connectivity index (χ3n) is 6.46. The van der Waals surface area contributed by atoms with Gasteiger partial charge >= 0.3 is 6.09 Å². The fourth-order valence-corrected chi connectivity index (χ4v) is 4.55. The Morgan fingerprint density at radius 3 is 2.17 bits per heavy atom. The lowest BCUT2D eigenvalue weighted by molar-refractivity contribution is -0.136. The minimum absolute atomic E-state index is 0.00141. The van der Waals surface area contributed by atoms with Crippen molar-refractivity contribution in [3.8, 4) is 0 Å². The minimum atomic E-state index is -1.20. The first-order valence-electron chi connectivity index (χ1n) is 14.0. The highest BCUT2D eigenvalue weighted by atomic mass is 16.6. The zero-order chi connectivity index (χ0) is 30.7. The Bertz CT molecular complexity index is 1060. The van der Waals surface area contributed by atoms with Crippen molar-refractivity contribution in [2.75, 3.05) is 6.54 Å². The molecule has 0 spiro atoms. The van der Waals surface area contributed by atoms with Gasteiger partial charge in [-0.2, -0.15) is 0 Å². The molecule has 228 valence electrons. The van der Waals surface area contributed by atoms with Crippen LogP contribution in [0, 0.1) is 11.8 Å². The van der Waals surface area contributed by atoms with Crippen LogP contribution in [0.2, 0.25) is 0 Å². The molecule has 0 saturated carbocycles. The van der Waals surface area contributed by atoms with E-state index in [1.165, 1.54) is 0 Å². The van der Waals surface area contributed by atoms with Crippen molar-refractivity contribution >= 4 is 29.7 Å². The summed E-state index contributed by atoms with van der Waals surface area (Å²) in [6.45, 7) is 11.3. The summed E-state index contributed by atoms with van der Waals surface area (Å²) in [4.78, 5) is 63.6. The normalized spacial score (nSPS) is 18.0. The van der Waals surface area contributed by atoms with Gasteiger partial charge in [-0.05, 0) is 58.4 Å². The molecule has 0 bridgehead atoms. The van der Waals surface area contributed by atoms with Crippen LogP contribution in [-0.2, 0) is 35.3 Å². The third-order valence-corrected chi connectivity index (χ3v) is 6.46. The second kappa shape index (κ2) is 15.4. The summed E-state index contributed by atoms with van der Waals surface area (Å²) in [6, 6.07) is 5.74. The summed E-state index contributed by atoms with van der Waals surface area (Å²) >= 11 is 0. The predicted octanol–water partition coefficient (Wildman–Crippen LogP) is 1.51. The van der Waals surface area contributed by atoms with Gasteiger partial charge in [0.2, 0.25) is 23.6 Å². The number of nitrogens with one attached hydrogen (secondary N) is 4. The molecule has 1 heterocycles. The maximum Gasteiger partial charge on any atom is 0.408 e. The number of alkyl carbamates (subject to hydrolysis) is 1. The summed E-state index contributed by atoms with van der Waals surface area (Å²) in [5, 5.41) is 10.6. The number of carbonyl (C=O) groups is 5. The minimum Gasteiger partial charge on any atom is -0.445 e. The quantitative estimate of drug-likeness (QED) is 0.223. The first kappa shape index (κ1) is 33.5. The van der Waals surface area contributed by atoms with Crippen LogP contribution in [0.5, 0.6) is 0 Å². The Labute approximate surface area is 241 Å². The largest absolute Gasteiger partial charge is 0.445 e. The van der Waals surface area contributed by atoms with Crippen LogP contribution in [0.3, 0.4) is 0 Å². The number of primary amides is 1. The van der Waals surface area contributed by atoms with Crippen LogP contribution in [-0.4, -0.2) is 66.1 Å². The van der Waals surface area contributed by atoms with Gasteiger partial charge in [0.15, 0.2) is 0 Å². The number of rotatable bonds is 14. The number of nitrogens with two attached hydrogens (primary N) is 1. The number of ether oxygens (including phenoxy) is 2. The van der Waals surface area contributed by atoms with E-state index in [-0.39, 0.29) is 31.3 Å². The van der Waals surface area contributed by atoms with Gasteiger partial charge < -0.3 is 36.5 Å². The lowest BCUT2D eigenvalue weighted by Crippen LogP contribution is -2.59.